The highest BCUT2D eigenvalue weighted by molar-refractivity contribution is 7.80. The molecule has 2 amide bonds. The summed E-state index contributed by atoms with van der Waals surface area (Å²) in [5, 5.41) is 8.57. The third-order valence-corrected chi connectivity index (χ3v) is 3.96. The van der Waals surface area contributed by atoms with Crippen LogP contribution in [0.25, 0.3) is 0 Å². The number of anilines is 1. The van der Waals surface area contributed by atoms with E-state index in [1.165, 1.54) is 0 Å². The first kappa shape index (κ1) is 21.4. The molecule has 0 bridgehead atoms. The third-order valence-electron chi connectivity index (χ3n) is 3.76. The molecule has 3 N–H and O–H groups in total. The van der Waals surface area contributed by atoms with Crippen LogP contribution in [0, 0.1) is 0 Å². The maximum absolute atomic E-state index is 12.3. The van der Waals surface area contributed by atoms with E-state index in [0.29, 0.717) is 30.0 Å². The van der Waals surface area contributed by atoms with E-state index in [4.69, 9.17) is 17.0 Å². The topological polar surface area (TPSA) is 79.5 Å². The van der Waals surface area contributed by atoms with Gasteiger partial charge in [-0.2, -0.15) is 0 Å². The van der Waals surface area contributed by atoms with Crippen LogP contribution in [-0.2, 0) is 0 Å². The number of ether oxygens (including phenoxy) is 1. The molecule has 0 aromatic heterocycles. The molecule has 0 aliphatic rings. The molecule has 2 aromatic carbocycles. The van der Waals surface area contributed by atoms with Gasteiger partial charge < -0.3 is 15.4 Å². The summed E-state index contributed by atoms with van der Waals surface area (Å²) in [6.07, 6.45) is 1.81. The van der Waals surface area contributed by atoms with Crippen LogP contribution >= 0.6 is 12.2 Å². The van der Waals surface area contributed by atoms with E-state index in [9.17, 15) is 9.59 Å². The molecule has 2 rings (SSSR count). The van der Waals surface area contributed by atoms with Crippen molar-refractivity contribution in [2.45, 2.75) is 26.7 Å². The zero-order valence-electron chi connectivity index (χ0n) is 16.1. The van der Waals surface area contributed by atoms with Crippen LogP contribution in [0.3, 0.4) is 0 Å². The zero-order valence-corrected chi connectivity index (χ0v) is 16.9. The van der Waals surface area contributed by atoms with Crippen LogP contribution in [0.5, 0.6) is 5.75 Å². The second-order valence-corrected chi connectivity index (χ2v) is 6.52. The Morgan fingerprint density at radius 2 is 1.50 bits per heavy atom. The SMILES string of the molecule is CCCNC(=O)c1ccc(NC(=S)NC(=O)c2ccc(OCCC)cc2)cc1. The lowest BCUT2D eigenvalue weighted by Gasteiger charge is -2.11. The molecule has 0 unspecified atom stereocenters. The molecular formula is C21H25N3O3S. The van der Waals surface area contributed by atoms with Crippen molar-refractivity contribution in [3.05, 3.63) is 59.7 Å². The van der Waals surface area contributed by atoms with E-state index in [2.05, 4.69) is 16.0 Å². The van der Waals surface area contributed by atoms with Crippen molar-refractivity contribution in [2.24, 2.45) is 0 Å². The van der Waals surface area contributed by atoms with Crippen LogP contribution in [0.1, 0.15) is 47.4 Å². The Hall–Kier alpha value is -2.93. The Labute approximate surface area is 170 Å². The van der Waals surface area contributed by atoms with E-state index in [-0.39, 0.29) is 16.9 Å². The normalized spacial score (nSPS) is 10.1. The highest BCUT2D eigenvalue weighted by Gasteiger charge is 2.09. The molecule has 0 radical (unpaired) electrons. The first-order valence-corrected chi connectivity index (χ1v) is 9.67. The average Bonchev–Trinajstić information content (AvgIpc) is 2.71. The van der Waals surface area contributed by atoms with Crippen LogP contribution in [0.15, 0.2) is 48.5 Å². The first-order valence-electron chi connectivity index (χ1n) is 9.27. The molecule has 2 aromatic rings. The Bertz CT molecular complexity index is 805. The molecular weight excluding hydrogens is 374 g/mol. The van der Waals surface area contributed by atoms with Crippen molar-refractivity contribution >= 4 is 34.8 Å². The number of hydrogen-bond donors (Lipinski definition) is 3. The minimum Gasteiger partial charge on any atom is -0.494 e. The van der Waals surface area contributed by atoms with Crippen molar-refractivity contribution in [1.82, 2.24) is 10.6 Å². The van der Waals surface area contributed by atoms with E-state index in [1.54, 1.807) is 48.5 Å². The Kier molecular flexibility index (Phi) is 8.42. The Morgan fingerprint density at radius 3 is 2.11 bits per heavy atom. The fourth-order valence-electron chi connectivity index (χ4n) is 2.31. The summed E-state index contributed by atoms with van der Waals surface area (Å²) in [5.41, 5.74) is 1.73. The largest absolute Gasteiger partial charge is 0.494 e. The summed E-state index contributed by atoms with van der Waals surface area (Å²) in [4.78, 5) is 24.2. The van der Waals surface area contributed by atoms with E-state index in [0.717, 1.165) is 18.6 Å². The number of carbonyl (C=O) groups excluding carboxylic acids is 2. The van der Waals surface area contributed by atoms with Crippen molar-refractivity contribution in [3.63, 3.8) is 0 Å². The average molecular weight is 400 g/mol. The number of amides is 2. The van der Waals surface area contributed by atoms with Gasteiger partial charge in [0.1, 0.15) is 5.75 Å². The molecule has 0 aliphatic carbocycles. The molecule has 6 nitrogen and oxygen atoms in total. The van der Waals surface area contributed by atoms with Gasteiger partial charge in [-0.25, -0.2) is 0 Å². The quantitative estimate of drug-likeness (QED) is 0.589. The monoisotopic (exact) mass is 399 g/mol. The Balaban J connectivity index is 1.87. The van der Waals surface area contributed by atoms with Gasteiger partial charge in [0.15, 0.2) is 5.11 Å². The van der Waals surface area contributed by atoms with Crippen molar-refractivity contribution in [1.29, 1.82) is 0 Å². The predicted octanol–water partition coefficient (Wildman–Crippen LogP) is 3.74. The lowest BCUT2D eigenvalue weighted by atomic mass is 10.2. The summed E-state index contributed by atoms with van der Waals surface area (Å²) in [5.74, 6) is 0.299. The van der Waals surface area contributed by atoms with Crippen LogP contribution in [0.2, 0.25) is 0 Å². The van der Waals surface area contributed by atoms with Gasteiger partial charge in [-0.05, 0) is 73.6 Å². The van der Waals surface area contributed by atoms with Gasteiger partial charge in [-0.1, -0.05) is 13.8 Å². The number of hydrogen-bond acceptors (Lipinski definition) is 4. The highest BCUT2D eigenvalue weighted by Crippen LogP contribution is 2.13. The molecule has 7 heteroatoms. The molecule has 0 saturated heterocycles. The zero-order chi connectivity index (χ0) is 20.4. The van der Waals surface area contributed by atoms with Crippen LogP contribution < -0.4 is 20.7 Å². The van der Waals surface area contributed by atoms with E-state index in [1.807, 2.05) is 13.8 Å². The van der Waals surface area contributed by atoms with Crippen molar-refractivity contribution < 1.29 is 14.3 Å². The smallest absolute Gasteiger partial charge is 0.257 e. The molecule has 148 valence electrons. The molecule has 0 atom stereocenters. The summed E-state index contributed by atoms with van der Waals surface area (Å²) >= 11 is 5.19. The van der Waals surface area contributed by atoms with Crippen molar-refractivity contribution in [2.75, 3.05) is 18.5 Å². The fraction of sp³-hybridized carbons (Fsp3) is 0.286. The number of benzene rings is 2. The molecule has 0 spiro atoms. The molecule has 28 heavy (non-hydrogen) atoms. The summed E-state index contributed by atoms with van der Waals surface area (Å²) in [6, 6.07) is 13.8. The standard InChI is InChI=1S/C21H25N3O3S/c1-3-13-22-19(25)15-5-9-17(10-6-15)23-21(28)24-20(26)16-7-11-18(12-8-16)27-14-4-2/h5-12H,3-4,13-14H2,1-2H3,(H,22,25)(H2,23,24,26,28). The van der Waals surface area contributed by atoms with Gasteiger partial charge in [0.25, 0.3) is 11.8 Å². The van der Waals surface area contributed by atoms with Crippen LogP contribution in [-0.4, -0.2) is 30.1 Å². The lowest BCUT2D eigenvalue weighted by molar-refractivity contribution is 0.0951. The predicted molar refractivity (Wildman–Crippen MR) is 115 cm³/mol. The molecule has 0 saturated carbocycles. The van der Waals surface area contributed by atoms with Gasteiger partial charge >= 0.3 is 0 Å². The summed E-state index contributed by atoms with van der Waals surface area (Å²) in [7, 11) is 0. The second-order valence-electron chi connectivity index (χ2n) is 6.11. The maximum Gasteiger partial charge on any atom is 0.257 e. The van der Waals surface area contributed by atoms with Gasteiger partial charge in [0.2, 0.25) is 0 Å². The first-order chi connectivity index (χ1) is 13.5. The number of carbonyl (C=O) groups is 2. The highest BCUT2D eigenvalue weighted by atomic mass is 32.1. The summed E-state index contributed by atoms with van der Waals surface area (Å²) < 4.78 is 5.50. The third kappa shape index (κ3) is 6.66. The fourth-order valence-corrected chi connectivity index (χ4v) is 2.52. The summed E-state index contributed by atoms with van der Waals surface area (Å²) in [6.45, 7) is 5.31. The maximum atomic E-state index is 12.3. The van der Waals surface area contributed by atoms with Crippen molar-refractivity contribution in [3.8, 4) is 5.75 Å². The number of nitrogens with one attached hydrogen (secondary N) is 3. The molecule has 0 heterocycles. The lowest BCUT2D eigenvalue weighted by Crippen LogP contribution is -2.34. The minimum absolute atomic E-state index is 0.115. The van der Waals surface area contributed by atoms with Gasteiger partial charge in [0.05, 0.1) is 6.61 Å². The number of thiocarbonyl (C=S) groups is 1. The molecule has 0 aliphatic heterocycles. The van der Waals surface area contributed by atoms with Gasteiger partial charge in [0, 0.05) is 23.4 Å². The van der Waals surface area contributed by atoms with E-state index >= 15 is 0 Å². The van der Waals surface area contributed by atoms with Gasteiger partial charge in [-0.3, -0.25) is 14.9 Å². The minimum atomic E-state index is -0.310. The Morgan fingerprint density at radius 1 is 0.893 bits per heavy atom. The van der Waals surface area contributed by atoms with Gasteiger partial charge in [-0.15, -0.1) is 0 Å². The second kappa shape index (κ2) is 11.0. The molecule has 0 fully saturated rings. The number of rotatable bonds is 8. The van der Waals surface area contributed by atoms with Crippen LogP contribution in [0.4, 0.5) is 5.69 Å². The van der Waals surface area contributed by atoms with E-state index < -0.39 is 0 Å².